The van der Waals surface area contributed by atoms with E-state index in [-0.39, 0.29) is 12.5 Å². The molecular weight excluding hydrogens is 242 g/mol. The van der Waals surface area contributed by atoms with Gasteiger partial charge in [0.1, 0.15) is 17.4 Å². The lowest BCUT2D eigenvalue weighted by molar-refractivity contribution is 0.0217. The van der Waals surface area contributed by atoms with Crippen LogP contribution >= 0.6 is 0 Å². The van der Waals surface area contributed by atoms with Gasteiger partial charge in [-0.3, -0.25) is 0 Å². The maximum Gasteiger partial charge on any atom is 0.189 e. The molecule has 0 aliphatic rings. The van der Waals surface area contributed by atoms with Gasteiger partial charge in [0, 0.05) is 32.9 Å². The molecule has 17 heavy (non-hydrogen) atoms. The van der Waals surface area contributed by atoms with Crippen LogP contribution in [-0.4, -0.2) is 21.5 Å². The minimum absolute atomic E-state index is 0.0212. The van der Waals surface area contributed by atoms with Gasteiger partial charge >= 0.3 is 0 Å². The third-order valence-corrected chi connectivity index (χ3v) is 3.85. The minimum Gasteiger partial charge on any atom is -0.467 e. The number of halogens is 2. The Morgan fingerprint density at radius 1 is 1.06 bits per heavy atom. The highest BCUT2D eigenvalue weighted by molar-refractivity contribution is 6.76. The van der Waals surface area contributed by atoms with E-state index in [4.69, 9.17) is 9.47 Å². The summed E-state index contributed by atoms with van der Waals surface area (Å²) in [6, 6.07) is 4.10. The van der Waals surface area contributed by atoms with E-state index in [0.29, 0.717) is 6.61 Å². The van der Waals surface area contributed by atoms with Crippen LogP contribution in [0, 0.1) is 11.6 Å². The molecular formula is C12H18F2O2Si. The van der Waals surface area contributed by atoms with Gasteiger partial charge in [-0.15, -0.1) is 0 Å². The summed E-state index contributed by atoms with van der Waals surface area (Å²) < 4.78 is 36.0. The van der Waals surface area contributed by atoms with Crippen LogP contribution in [0.1, 0.15) is 0 Å². The first-order valence-electron chi connectivity index (χ1n) is 5.53. The van der Waals surface area contributed by atoms with E-state index >= 15 is 0 Å². The molecule has 0 aromatic heterocycles. The van der Waals surface area contributed by atoms with Gasteiger partial charge in [0.25, 0.3) is 0 Å². The molecule has 0 heterocycles. The molecule has 0 saturated heterocycles. The van der Waals surface area contributed by atoms with Crippen molar-refractivity contribution in [3.05, 3.63) is 29.8 Å². The molecule has 1 aromatic carbocycles. The Balaban J connectivity index is 2.27. The average molecular weight is 260 g/mol. The van der Waals surface area contributed by atoms with Gasteiger partial charge in [0.05, 0.1) is 0 Å². The van der Waals surface area contributed by atoms with Gasteiger partial charge in [-0.1, -0.05) is 19.6 Å². The van der Waals surface area contributed by atoms with Crippen molar-refractivity contribution in [3.63, 3.8) is 0 Å². The average Bonchev–Trinajstić information content (AvgIpc) is 2.13. The van der Waals surface area contributed by atoms with E-state index in [9.17, 15) is 8.78 Å². The lowest BCUT2D eigenvalue weighted by Gasteiger charge is -2.15. The van der Waals surface area contributed by atoms with Crippen molar-refractivity contribution in [2.75, 3.05) is 13.4 Å². The smallest absolute Gasteiger partial charge is 0.189 e. The number of rotatable bonds is 6. The van der Waals surface area contributed by atoms with Crippen molar-refractivity contribution >= 4 is 8.07 Å². The van der Waals surface area contributed by atoms with Crippen LogP contribution < -0.4 is 4.74 Å². The Hall–Kier alpha value is -0.943. The summed E-state index contributed by atoms with van der Waals surface area (Å²) in [5.41, 5.74) is 0. The molecule has 0 N–H and O–H groups in total. The van der Waals surface area contributed by atoms with Gasteiger partial charge in [0.2, 0.25) is 0 Å². The van der Waals surface area contributed by atoms with Crippen LogP contribution in [0.15, 0.2) is 18.2 Å². The van der Waals surface area contributed by atoms with Crippen molar-refractivity contribution in [2.24, 2.45) is 0 Å². The van der Waals surface area contributed by atoms with E-state index in [1.807, 2.05) is 0 Å². The Morgan fingerprint density at radius 2 is 1.65 bits per heavy atom. The molecule has 0 atom stereocenters. The zero-order valence-electron chi connectivity index (χ0n) is 10.4. The van der Waals surface area contributed by atoms with Crippen LogP contribution in [-0.2, 0) is 4.74 Å². The third kappa shape index (κ3) is 6.38. The molecule has 1 rings (SSSR count). The van der Waals surface area contributed by atoms with Crippen molar-refractivity contribution in [1.82, 2.24) is 0 Å². The fourth-order valence-corrected chi connectivity index (χ4v) is 1.92. The lowest BCUT2D eigenvalue weighted by atomic mass is 10.3. The molecule has 2 nitrogen and oxygen atoms in total. The molecule has 96 valence electrons. The molecule has 0 bridgehead atoms. The van der Waals surface area contributed by atoms with Crippen LogP contribution in [0.4, 0.5) is 8.78 Å². The standard InChI is InChI=1S/C12H18F2O2Si/c1-17(2,3)5-4-15-9-16-12-7-10(13)6-11(14)8-12/h6-8H,4-5,9H2,1-3H3. The molecule has 0 fully saturated rings. The predicted molar refractivity (Wildman–Crippen MR) is 66.0 cm³/mol. The van der Waals surface area contributed by atoms with E-state index in [1.165, 1.54) is 0 Å². The molecule has 0 amide bonds. The van der Waals surface area contributed by atoms with Gasteiger partial charge < -0.3 is 9.47 Å². The van der Waals surface area contributed by atoms with E-state index in [2.05, 4.69) is 19.6 Å². The highest BCUT2D eigenvalue weighted by Crippen LogP contribution is 2.15. The summed E-state index contributed by atoms with van der Waals surface area (Å²) in [6.07, 6.45) is 0. The predicted octanol–water partition coefficient (Wildman–Crippen LogP) is 3.66. The molecule has 0 radical (unpaired) electrons. The summed E-state index contributed by atoms with van der Waals surface area (Å²) in [5.74, 6) is -1.15. The van der Waals surface area contributed by atoms with Crippen LogP contribution in [0.5, 0.6) is 5.75 Å². The molecule has 0 unspecified atom stereocenters. The Labute approximate surface area is 102 Å². The van der Waals surface area contributed by atoms with Gasteiger partial charge in [0.15, 0.2) is 6.79 Å². The van der Waals surface area contributed by atoms with E-state index in [1.54, 1.807) is 0 Å². The van der Waals surface area contributed by atoms with Crippen molar-refractivity contribution < 1.29 is 18.3 Å². The number of benzene rings is 1. The van der Waals surface area contributed by atoms with Crippen LogP contribution in [0.3, 0.4) is 0 Å². The lowest BCUT2D eigenvalue weighted by Crippen LogP contribution is -2.22. The quantitative estimate of drug-likeness (QED) is 0.441. The number of hydrogen-bond acceptors (Lipinski definition) is 2. The first-order valence-corrected chi connectivity index (χ1v) is 9.24. The fraction of sp³-hybridized carbons (Fsp3) is 0.500. The SMILES string of the molecule is C[Si](C)(C)CCOCOc1cc(F)cc(F)c1. The summed E-state index contributed by atoms with van der Waals surface area (Å²) in [7, 11) is -1.10. The molecule has 0 saturated carbocycles. The summed E-state index contributed by atoms with van der Waals surface area (Å²) in [5, 5.41) is 0. The second-order valence-corrected chi connectivity index (χ2v) is 10.7. The zero-order valence-corrected chi connectivity index (χ0v) is 11.4. The topological polar surface area (TPSA) is 18.5 Å². The Bertz CT molecular complexity index is 344. The van der Waals surface area contributed by atoms with Gasteiger partial charge in [-0.2, -0.15) is 0 Å². The second-order valence-electron chi connectivity index (χ2n) is 5.09. The van der Waals surface area contributed by atoms with Crippen molar-refractivity contribution in [2.45, 2.75) is 25.7 Å². The zero-order chi connectivity index (χ0) is 12.9. The van der Waals surface area contributed by atoms with Crippen LogP contribution in [0.25, 0.3) is 0 Å². The highest BCUT2D eigenvalue weighted by atomic mass is 28.3. The summed E-state index contributed by atoms with van der Waals surface area (Å²) >= 11 is 0. The van der Waals surface area contributed by atoms with Crippen molar-refractivity contribution in [3.8, 4) is 5.75 Å². The van der Waals surface area contributed by atoms with E-state index < -0.39 is 19.7 Å². The third-order valence-electron chi connectivity index (χ3n) is 2.14. The number of ether oxygens (including phenoxy) is 2. The molecule has 5 heteroatoms. The Morgan fingerprint density at radius 3 is 2.18 bits per heavy atom. The fourth-order valence-electron chi connectivity index (χ4n) is 1.16. The largest absolute Gasteiger partial charge is 0.467 e. The first kappa shape index (κ1) is 14.1. The molecule has 1 aromatic rings. The Kier molecular flexibility index (Phi) is 5.08. The summed E-state index contributed by atoms with van der Waals surface area (Å²) in [6.45, 7) is 7.39. The summed E-state index contributed by atoms with van der Waals surface area (Å²) in [4.78, 5) is 0. The maximum atomic E-state index is 12.8. The maximum absolute atomic E-state index is 12.8. The number of hydrogen-bond donors (Lipinski definition) is 0. The van der Waals surface area contributed by atoms with Crippen molar-refractivity contribution in [1.29, 1.82) is 0 Å². The second kappa shape index (κ2) is 6.12. The normalized spacial score (nSPS) is 11.6. The monoisotopic (exact) mass is 260 g/mol. The molecule has 0 aliphatic carbocycles. The first-order chi connectivity index (χ1) is 7.87. The molecule has 0 aliphatic heterocycles. The van der Waals surface area contributed by atoms with Crippen LogP contribution in [0.2, 0.25) is 25.7 Å². The van der Waals surface area contributed by atoms with E-state index in [0.717, 1.165) is 24.2 Å². The minimum atomic E-state index is -1.10. The van der Waals surface area contributed by atoms with Gasteiger partial charge in [-0.25, -0.2) is 8.78 Å². The molecule has 0 spiro atoms. The highest BCUT2D eigenvalue weighted by Gasteiger charge is 2.12. The van der Waals surface area contributed by atoms with Gasteiger partial charge in [-0.05, 0) is 6.04 Å².